The van der Waals surface area contributed by atoms with E-state index in [2.05, 4.69) is 40.3 Å². The van der Waals surface area contributed by atoms with Gasteiger partial charge in [-0.15, -0.1) is 0 Å². The highest BCUT2D eigenvalue weighted by molar-refractivity contribution is 9.10. The van der Waals surface area contributed by atoms with Gasteiger partial charge in [-0.3, -0.25) is 9.69 Å². The summed E-state index contributed by atoms with van der Waals surface area (Å²) in [4.78, 5) is 14.1. The van der Waals surface area contributed by atoms with Gasteiger partial charge in [0.25, 0.3) is 0 Å². The largest absolute Gasteiger partial charge is 0.325 e. The van der Waals surface area contributed by atoms with Gasteiger partial charge < -0.3 is 5.32 Å². The fourth-order valence-electron chi connectivity index (χ4n) is 2.29. The predicted molar refractivity (Wildman–Crippen MR) is 94.9 cm³/mol. The van der Waals surface area contributed by atoms with Gasteiger partial charge in [-0.2, -0.15) is 0 Å². The molecule has 0 fully saturated rings. The van der Waals surface area contributed by atoms with E-state index in [0.717, 1.165) is 23.1 Å². The number of anilines is 1. The van der Waals surface area contributed by atoms with Gasteiger partial charge in [0, 0.05) is 16.7 Å². The third kappa shape index (κ3) is 4.97. The Morgan fingerprint density at radius 3 is 2.68 bits per heavy atom. The summed E-state index contributed by atoms with van der Waals surface area (Å²) in [6.07, 6.45) is 0.964. The molecule has 0 aliphatic heterocycles. The monoisotopic (exact) mass is 360 g/mol. The number of carbonyl (C=O) groups excluding carboxylic acids is 1. The molecule has 0 heterocycles. The van der Waals surface area contributed by atoms with Gasteiger partial charge in [0.1, 0.15) is 0 Å². The fourth-order valence-corrected chi connectivity index (χ4v) is 2.70. The summed E-state index contributed by atoms with van der Waals surface area (Å²) in [5, 5.41) is 2.96. The standard InChI is InChI=1S/C18H21BrN2O/c1-3-14-7-6-9-16(11-14)20-18(22)13-21(2)12-15-8-4-5-10-17(15)19/h4-11H,3,12-13H2,1-2H3,(H,20,22). The third-order valence-corrected chi connectivity index (χ3v) is 4.20. The molecule has 2 aromatic rings. The highest BCUT2D eigenvalue weighted by Crippen LogP contribution is 2.17. The van der Waals surface area contributed by atoms with Crippen molar-refractivity contribution >= 4 is 27.5 Å². The summed E-state index contributed by atoms with van der Waals surface area (Å²) in [5.41, 5.74) is 3.25. The van der Waals surface area contributed by atoms with Crippen LogP contribution in [0.1, 0.15) is 18.1 Å². The maximum Gasteiger partial charge on any atom is 0.238 e. The molecule has 1 amide bonds. The number of aryl methyl sites for hydroxylation is 1. The van der Waals surface area contributed by atoms with Crippen LogP contribution < -0.4 is 5.32 Å². The van der Waals surface area contributed by atoms with Crippen LogP contribution in [0.25, 0.3) is 0 Å². The fraction of sp³-hybridized carbons (Fsp3) is 0.278. The van der Waals surface area contributed by atoms with Crippen LogP contribution in [0, 0.1) is 0 Å². The summed E-state index contributed by atoms with van der Waals surface area (Å²) in [6, 6.07) is 16.0. The number of nitrogens with one attached hydrogen (secondary N) is 1. The molecule has 0 aliphatic rings. The van der Waals surface area contributed by atoms with Gasteiger partial charge in [-0.05, 0) is 42.8 Å². The van der Waals surface area contributed by atoms with Crippen molar-refractivity contribution in [1.29, 1.82) is 0 Å². The lowest BCUT2D eigenvalue weighted by molar-refractivity contribution is -0.117. The van der Waals surface area contributed by atoms with Crippen molar-refractivity contribution in [3.63, 3.8) is 0 Å². The lowest BCUT2D eigenvalue weighted by Gasteiger charge is -2.17. The van der Waals surface area contributed by atoms with Gasteiger partial charge in [-0.25, -0.2) is 0 Å². The number of rotatable bonds is 6. The van der Waals surface area contributed by atoms with Crippen LogP contribution in [0.2, 0.25) is 0 Å². The molecule has 3 nitrogen and oxygen atoms in total. The topological polar surface area (TPSA) is 32.3 Å². The molecule has 0 aromatic heterocycles. The quantitative estimate of drug-likeness (QED) is 0.841. The third-order valence-electron chi connectivity index (χ3n) is 3.43. The maximum absolute atomic E-state index is 12.1. The van der Waals surface area contributed by atoms with E-state index in [-0.39, 0.29) is 5.91 Å². The van der Waals surface area contributed by atoms with Crippen molar-refractivity contribution in [1.82, 2.24) is 4.90 Å². The SMILES string of the molecule is CCc1cccc(NC(=O)CN(C)Cc2ccccc2Br)c1. The molecule has 22 heavy (non-hydrogen) atoms. The lowest BCUT2D eigenvalue weighted by Crippen LogP contribution is -2.29. The average molecular weight is 361 g/mol. The van der Waals surface area contributed by atoms with Gasteiger partial charge in [0.2, 0.25) is 5.91 Å². The van der Waals surface area contributed by atoms with Gasteiger partial charge >= 0.3 is 0 Å². The molecule has 2 aromatic carbocycles. The minimum absolute atomic E-state index is 0.00260. The molecular formula is C18H21BrN2O. The highest BCUT2D eigenvalue weighted by atomic mass is 79.9. The predicted octanol–water partition coefficient (Wildman–Crippen LogP) is 4.08. The van der Waals surface area contributed by atoms with Crippen molar-refractivity contribution in [2.75, 3.05) is 18.9 Å². The molecule has 0 bridgehead atoms. The molecule has 116 valence electrons. The number of nitrogens with zero attached hydrogens (tertiary/aromatic N) is 1. The Kier molecular flexibility index (Phi) is 6.16. The van der Waals surface area contributed by atoms with E-state index in [0.29, 0.717) is 6.54 Å². The van der Waals surface area contributed by atoms with Crippen LogP contribution in [0.3, 0.4) is 0 Å². The number of hydrogen-bond acceptors (Lipinski definition) is 2. The first kappa shape index (κ1) is 16.7. The molecule has 0 saturated heterocycles. The molecule has 1 N–H and O–H groups in total. The Labute approximate surface area is 140 Å². The Morgan fingerprint density at radius 1 is 1.18 bits per heavy atom. The van der Waals surface area contributed by atoms with Crippen LogP contribution in [0.5, 0.6) is 0 Å². The van der Waals surface area contributed by atoms with E-state index in [9.17, 15) is 4.79 Å². The van der Waals surface area contributed by atoms with Crippen LogP contribution in [-0.4, -0.2) is 24.4 Å². The Bertz CT molecular complexity index is 642. The number of carbonyl (C=O) groups is 1. The first-order valence-electron chi connectivity index (χ1n) is 7.39. The molecule has 0 unspecified atom stereocenters. The number of likely N-dealkylation sites (N-methyl/N-ethyl adjacent to an activating group) is 1. The molecule has 0 radical (unpaired) electrons. The summed E-state index contributed by atoms with van der Waals surface area (Å²) < 4.78 is 1.07. The van der Waals surface area contributed by atoms with E-state index in [1.165, 1.54) is 11.1 Å². The van der Waals surface area contributed by atoms with Crippen LogP contribution >= 0.6 is 15.9 Å². The van der Waals surface area contributed by atoms with Crippen LogP contribution in [-0.2, 0) is 17.8 Å². The van der Waals surface area contributed by atoms with E-state index in [4.69, 9.17) is 0 Å². The maximum atomic E-state index is 12.1. The van der Waals surface area contributed by atoms with Crippen LogP contribution in [0.4, 0.5) is 5.69 Å². The number of hydrogen-bond donors (Lipinski definition) is 1. The molecule has 0 saturated carbocycles. The van der Waals surface area contributed by atoms with E-state index in [1.807, 2.05) is 48.3 Å². The molecule has 0 spiro atoms. The minimum atomic E-state index is 0.00260. The first-order valence-corrected chi connectivity index (χ1v) is 8.18. The van der Waals surface area contributed by atoms with Gasteiger partial charge in [-0.1, -0.05) is 53.2 Å². The second kappa shape index (κ2) is 8.11. The van der Waals surface area contributed by atoms with Gasteiger partial charge in [0.05, 0.1) is 6.54 Å². The normalized spacial score (nSPS) is 10.7. The molecule has 0 atom stereocenters. The Balaban J connectivity index is 1.90. The summed E-state index contributed by atoms with van der Waals surface area (Å²) >= 11 is 3.53. The average Bonchev–Trinajstić information content (AvgIpc) is 2.49. The summed E-state index contributed by atoms with van der Waals surface area (Å²) in [6.45, 7) is 3.19. The van der Waals surface area contributed by atoms with Crippen molar-refractivity contribution in [3.05, 3.63) is 64.1 Å². The Hall–Kier alpha value is -1.65. The van der Waals surface area contributed by atoms with Crippen molar-refractivity contribution < 1.29 is 4.79 Å². The lowest BCUT2D eigenvalue weighted by atomic mass is 10.1. The Morgan fingerprint density at radius 2 is 1.95 bits per heavy atom. The first-order chi connectivity index (χ1) is 10.6. The number of amides is 1. The van der Waals surface area contributed by atoms with Crippen molar-refractivity contribution in [3.8, 4) is 0 Å². The number of benzene rings is 2. The summed E-state index contributed by atoms with van der Waals surface area (Å²) in [5.74, 6) is 0.00260. The zero-order valence-corrected chi connectivity index (χ0v) is 14.6. The van der Waals surface area contributed by atoms with E-state index < -0.39 is 0 Å². The molecule has 2 rings (SSSR count). The van der Waals surface area contributed by atoms with Crippen molar-refractivity contribution in [2.24, 2.45) is 0 Å². The number of halogens is 1. The zero-order valence-electron chi connectivity index (χ0n) is 13.0. The highest BCUT2D eigenvalue weighted by Gasteiger charge is 2.09. The van der Waals surface area contributed by atoms with Crippen molar-refractivity contribution in [2.45, 2.75) is 19.9 Å². The summed E-state index contributed by atoms with van der Waals surface area (Å²) in [7, 11) is 1.95. The van der Waals surface area contributed by atoms with Gasteiger partial charge in [0.15, 0.2) is 0 Å². The van der Waals surface area contributed by atoms with E-state index >= 15 is 0 Å². The molecule has 4 heteroatoms. The zero-order chi connectivity index (χ0) is 15.9. The molecular weight excluding hydrogens is 340 g/mol. The second-order valence-electron chi connectivity index (χ2n) is 5.37. The smallest absolute Gasteiger partial charge is 0.238 e. The van der Waals surface area contributed by atoms with Crippen LogP contribution in [0.15, 0.2) is 53.0 Å². The second-order valence-corrected chi connectivity index (χ2v) is 6.22. The molecule has 0 aliphatic carbocycles. The van der Waals surface area contributed by atoms with E-state index in [1.54, 1.807) is 0 Å². The minimum Gasteiger partial charge on any atom is -0.325 e.